The molecule has 0 aromatic carbocycles. The minimum absolute atomic E-state index is 0.108. The molecule has 1 aliphatic heterocycles. The molecule has 0 aliphatic carbocycles. The summed E-state index contributed by atoms with van der Waals surface area (Å²) in [4.78, 5) is 22.7. The first-order chi connectivity index (χ1) is 10.7. The van der Waals surface area contributed by atoms with Crippen LogP contribution in [0.4, 0.5) is 10.5 Å². The molecule has 122 valence electrons. The molecule has 2 rings (SSSR count). The van der Waals surface area contributed by atoms with E-state index in [1.807, 2.05) is 11.8 Å². The second kappa shape index (κ2) is 8.68. The van der Waals surface area contributed by atoms with Gasteiger partial charge in [0, 0.05) is 26.1 Å². The second-order valence-corrected chi connectivity index (χ2v) is 5.61. The van der Waals surface area contributed by atoms with Crippen molar-refractivity contribution in [3.05, 3.63) is 18.2 Å². The van der Waals surface area contributed by atoms with Gasteiger partial charge >= 0.3 is 6.03 Å². The summed E-state index contributed by atoms with van der Waals surface area (Å²) in [6.45, 7) is 6.24. The number of urea groups is 1. The van der Waals surface area contributed by atoms with Gasteiger partial charge < -0.3 is 15.0 Å². The van der Waals surface area contributed by atoms with E-state index in [-0.39, 0.29) is 12.1 Å². The molecule has 1 saturated heterocycles. The molecule has 6 nitrogen and oxygen atoms in total. The molecule has 2 heterocycles. The standard InChI is InChI=1S/C16H26N4O2/c1-3-8-20(12-14-7-5-6-9-22-14)16(21)19-13-10-17-15(4-2)18-11-13/h10-11,14H,3-9,12H2,1-2H3,(H,19,21)/t14-/m0/s1. The number of amides is 2. The molecule has 1 atom stereocenters. The number of anilines is 1. The number of carbonyl (C=O) groups is 1. The quantitative estimate of drug-likeness (QED) is 0.877. The van der Waals surface area contributed by atoms with Gasteiger partial charge in [-0.3, -0.25) is 0 Å². The van der Waals surface area contributed by atoms with Crippen molar-refractivity contribution in [2.75, 3.05) is 25.0 Å². The van der Waals surface area contributed by atoms with Crippen LogP contribution in [-0.4, -0.2) is 46.7 Å². The maximum atomic E-state index is 12.4. The molecule has 1 fully saturated rings. The van der Waals surface area contributed by atoms with Gasteiger partial charge in [-0.25, -0.2) is 14.8 Å². The lowest BCUT2D eigenvalue weighted by Gasteiger charge is -2.29. The third-order valence-corrected chi connectivity index (χ3v) is 3.75. The van der Waals surface area contributed by atoms with Gasteiger partial charge in [-0.15, -0.1) is 0 Å². The van der Waals surface area contributed by atoms with Crippen LogP contribution in [-0.2, 0) is 11.2 Å². The van der Waals surface area contributed by atoms with Gasteiger partial charge in [-0.05, 0) is 25.7 Å². The Hall–Kier alpha value is -1.69. The Morgan fingerprint density at radius 1 is 1.36 bits per heavy atom. The summed E-state index contributed by atoms with van der Waals surface area (Å²) in [5, 5.41) is 2.87. The molecule has 6 heteroatoms. The summed E-state index contributed by atoms with van der Waals surface area (Å²) < 4.78 is 5.74. The lowest BCUT2D eigenvalue weighted by Crippen LogP contribution is -2.42. The maximum Gasteiger partial charge on any atom is 0.322 e. The van der Waals surface area contributed by atoms with Crippen molar-refractivity contribution in [1.29, 1.82) is 0 Å². The molecule has 2 amide bonds. The van der Waals surface area contributed by atoms with Gasteiger partial charge in [0.15, 0.2) is 0 Å². The van der Waals surface area contributed by atoms with Crippen molar-refractivity contribution >= 4 is 11.7 Å². The zero-order valence-corrected chi connectivity index (χ0v) is 13.5. The highest BCUT2D eigenvalue weighted by atomic mass is 16.5. The molecule has 1 aromatic rings. The number of aromatic nitrogens is 2. The van der Waals surface area contributed by atoms with E-state index in [4.69, 9.17) is 4.74 Å². The van der Waals surface area contributed by atoms with Gasteiger partial charge in [0.25, 0.3) is 0 Å². The fourth-order valence-corrected chi connectivity index (χ4v) is 2.55. The Kier molecular flexibility index (Phi) is 6.58. The Balaban J connectivity index is 1.92. The number of rotatable bonds is 6. The topological polar surface area (TPSA) is 67.3 Å². The van der Waals surface area contributed by atoms with Crippen molar-refractivity contribution in [2.24, 2.45) is 0 Å². The van der Waals surface area contributed by atoms with E-state index in [9.17, 15) is 4.79 Å². The lowest BCUT2D eigenvalue weighted by atomic mass is 10.1. The highest BCUT2D eigenvalue weighted by Crippen LogP contribution is 2.15. The number of hydrogen-bond acceptors (Lipinski definition) is 4. The van der Waals surface area contributed by atoms with Crippen LogP contribution in [0.5, 0.6) is 0 Å². The monoisotopic (exact) mass is 306 g/mol. The largest absolute Gasteiger partial charge is 0.376 e. The molecule has 1 N–H and O–H groups in total. The summed E-state index contributed by atoms with van der Waals surface area (Å²) in [5.41, 5.74) is 0.632. The van der Waals surface area contributed by atoms with E-state index < -0.39 is 0 Å². The Morgan fingerprint density at radius 3 is 2.73 bits per heavy atom. The minimum atomic E-state index is -0.108. The van der Waals surface area contributed by atoms with Gasteiger partial charge in [0.2, 0.25) is 0 Å². The molecular formula is C16H26N4O2. The van der Waals surface area contributed by atoms with E-state index >= 15 is 0 Å². The summed E-state index contributed by atoms with van der Waals surface area (Å²) >= 11 is 0. The Morgan fingerprint density at radius 2 is 2.14 bits per heavy atom. The van der Waals surface area contributed by atoms with E-state index in [2.05, 4.69) is 22.2 Å². The molecule has 0 bridgehead atoms. The zero-order chi connectivity index (χ0) is 15.8. The predicted molar refractivity (Wildman–Crippen MR) is 85.9 cm³/mol. The van der Waals surface area contributed by atoms with Crippen LogP contribution in [0.25, 0.3) is 0 Å². The average Bonchev–Trinajstić information content (AvgIpc) is 2.56. The summed E-state index contributed by atoms with van der Waals surface area (Å²) in [5.74, 6) is 0.777. The summed E-state index contributed by atoms with van der Waals surface area (Å²) in [6, 6.07) is -0.108. The third-order valence-electron chi connectivity index (χ3n) is 3.75. The van der Waals surface area contributed by atoms with Crippen LogP contribution < -0.4 is 5.32 Å². The van der Waals surface area contributed by atoms with Crippen molar-refractivity contribution in [1.82, 2.24) is 14.9 Å². The number of carbonyl (C=O) groups excluding carboxylic acids is 1. The smallest absolute Gasteiger partial charge is 0.322 e. The number of hydrogen-bond donors (Lipinski definition) is 1. The van der Waals surface area contributed by atoms with Crippen LogP contribution in [0.2, 0.25) is 0 Å². The minimum Gasteiger partial charge on any atom is -0.376 e. The molecule has 0 radical (unpaired) electrons. The lowest BCUT2D eigenvalue weighted by molar-refractivity contribution is 0.00161. The van der Waals surface area contributed by atoms with Crippen molar-refractivity contribution in [3.8, 4) is 0 Å². The first-order valence-corrected chi connectivity index (χ1v) is 8.21. The fourth-order valence-electron chi connectivity index (χ4n) is 2.55. The second-order valence-electron chi connectivity index (χ2n) is 5.61. The number of aryl methyl sites for hydroxylation is 1. The van der Waals surface area contributed by atoms with E-state index in [0.717, 1.165) is 44.7 Å². The Bertz CT molecular complexity index is 458. The SMILES string of the molecule is CCCN(C[C@@H]1CCCCO1)C(=O)Nc1cnc(CC)nc1. The molecule has 1 aromatic heterocycles. The molecular weight excluding hydrogens is 280 g/mol. The fraction of sp³-hybridized carbons (Fsp3) is 0.688. The third kappa shape index (κ3) is 4.94. The maximum absolute atomic E-state index is 12.4. The highest BCUT2D eigenvalue weighted by molar-refractivity contribution is 5.88. The molecule has 22 heavy (non-hydrogen) atoms. The van der Waals surface area contributed by atoms with Crippen LogP contribution in [0.3, 0.4) is 0 Å². The van der Waals surface area contributed by atoms with E-state index in [0.29, 0.717) is 12.2 Å². The zero-order valence-electron chi connectivity index (χ0n) is 13.5. The van der Waals surface area contributed by atoms with Crippen molar-refractivity contribution in [3.63, 3.8) is 0 Å². The first kappa shape index (κ1) is 16.7. The number of nitrogens with zero attached hydrogens (tertiary/aromatic N) is 3. The van der Waals surface area contributed by atoms with Gasteiger partial charge in [-0.1, -0.05) is 13.8 Å². The predicted octanol–water partition coefficient (Wildman–Crippen LogP) is 2.85. The van der Waals surface area contributed by atoms with Crippen LogP contribution >= 0.6 is 0 Å². The van der Waals surface area contributed by atoms with Gasteiger partial charge in [-0.2, -0.15) is 0 Å². The molecule has 0 unspecified atom stereocenters. The number of ether oxygens (including phenoxy) is 1. The number of nitrogens with one attached hydrogen (secondary N) is 1. The van der Waals surface area contributed by atoms with Crippen LogP contribution in [0.1, 0.15) is 45.4 Å². The van der Waals surface area contributed by atoms with Crippen molar-refractivity contribution in [2.45, 2.75) is 52.1 Å². The van der Waals surface area contributed by atoms with Gasteiger partial charge in [0.05, 0.1) is 24.2 Å². The van der Waals surface area contributed by atoms with E-state index in [1.54, 1.807) is 12.4 Å². The van der Waals surface area contributed by atoms with E-state index in [1.165, 1.54) is 6.42 Å². The molecule has 1 aliphatic rings. The molecule has 0 saturated carbocycles. The van der Waals surface area contributed by atoms with Crippen LogP contribution in [0.15, 0.2) is 12.4 Å². The van der Waals surface area contributed by atoms with Crippen LogP contribution in [0, 0.1) is 0 Å². The summed E-state index contributed by atoms with van der Waals surface area (Å²) in [7, 11) is 0. The Labute approximate surface area is 132 Å². The van der Waals surface area contributed by atoms with Gasteiger partial charge in [0.1, 0.15) is 5.82 Å². The highest BCUT2D eigenvalue weighted by Gasteiger charge is 2.21. The average molecular weight is 306 g/mol. The normalized spacial score (nSPS) is 18.0. The summed E-state index contributed by atoms with van der Waals surface area (Å²) in [6.07, 6.45) is 8.51. The molecule has 0 spiro atoms. The van der Waals surface area contributed by atoms with Crippen molar-refractivity contribution < 1.29 is 9.53 Å². The first-order valence-electron chi connectivity index (χ1n) is 8.21.